The van der Waals surface area contributed by atoms with Gasteiger partial charge in [0.05, 0.1) is 5.02 Å². The van der Waals surface area contributed by atoms with Crippen LogP contribution in [-0.4, -0.2) is 25.0 Å². The summed E-state index contributed by atoms with van der Waals surface area (Å²) in [7, 11) is 0. The van der Waals surface area contributed by atoms with Crippen LogP contribution in [0.25, 0.3) is 11.1 Å². The van der Waals surface area contributed by atoms with E-state index in [4.69, 9.17) is 32.7 Å². The van der Waals surface area contributed by atoms with Crippen LogP contribution in [0.5, 0.6) is 5.75 Å². The van der Waals surface area contributed by atoms with E-state index in [9.17, 15) is 9.59 Å². The van der Waals surface area contributed by atoms with Crippen LogP contribution in [0.2, 0.25) is 10.0 Å². The summed E-state index contributed by atoms with van der Waals surface area (Å²) in [6.45, 7) is -0.740. The first-order valence-electron chi connectivity index (χ1n) is 8.45. The van der Waals surface area contributed by atoms with Crippen molar-refractivity contribution in [3.63, 3.8) is 0 Å². The number of rotatable bonds is 7. The molecular weight excluding hydrogens is 399 g/mol. The highest BCUT2D eigenvalue weighted by atomic mass is 35.5. The van der Waals surface area contributed by atoms with Crippen LogP contribution in [0.3, 0.4) is 0 Å². The lowest BCUT2D eigenvalue weighted by Crippen LogP contribution is -2.19. The molecule has 0 bridgehead atoms. The molecule has 0 aromatic heterocycles. The maximum atomic E-state index is 12.1. The van der Waals surface area contributed by atoms with Gasteiger partial charge in [0.2, 0.25) is 5.78 Å². The van der Waals surface area contributed by atoms with Crippen LogP contribution in [0.15, 0.2) is 72.8 Å². The van der Waals surface area contributed by atoms with Gasteiger partial charge in [0.1, 0.15) is 5.75 Å². The SMILES string of the molecule is O=C(COc1ccc(-c2ccccc2)cc1)OCC(=O)c1cc(Cl)ccc1Cl. The van der Waals surface area contributed by atoms with Crippen molar-refractivity contribution in [3.05, 3.63) is 88.4 Å². The molecule has 0 unspecified atom stereocenters. The van der Waals surface area contributed by atoms with Gasteiger partial charge >= 0.3 is 5.97 Å². The first-order valence-corrected chi connectivity index (χ1v) is 9.20. The van der Waals surface area contributed by atoms with Crippen LogP contribution in [-0.2, 0) is 9.53 Å². The third-order valence-electron chi connectivity index (χ3n) is 3.91. The minimum Gasteiger partial charge on any atom is -0.482 e. The highest BCUT2D eigenvalue weighted by molar-refractivity contribution is 6.36. The van der Waals surface area contributed by atoms with Gasteiger partial charge in [-0.1, -0.05) is 65.7 Å². The van der Waals surface area contributed by atoms with E-state index in [1.807, 2.05) is 42.5 Å². The summed E-state index contributed by atoms with van der Waals surface area (Å²) in [5.41, 5.74) is 2.34. The number of carbonyl (C=O) groups excluding carboxylic acids is 2. The Morgan fingerprint density at radius 3 is 2.18 bits per heavy atom. The Bertz CT molecular complexity index is 970. The van der Waals surface area contributed by atoms with E-state index in [-0.39, 0.29) is 17.2 Å². The van der Waals surface area contributed by atoms with Gasteiger partial charge in [0, 0.05) is 10.6 Å². The first-order chi connectivity index (χ1) is 13.5. The van der Waals surface area contributed by atoms with Crippen LogP contribution in [0, 0.1) is 0 Å². The lowest BCUT2D eigenvalue weighted by atomic mass is 10.1. The lowest BCUT2D eigenvalue weighted by molar-refractivity contribution is -0.144. The van der Waals surface area contributed by atoms with Crippen LogP contribution < -0.4 is 4.74 Å². The Morgan fingerprint density at radius 2 is 1.46 bits per heavy atom. The third-order valence-corrected chi connectivity index (χ3v) is 4.48. The molecule has 0 spiro atoms. The monoisotopic (exact) mass is 414 g/mol. The summed E-state index contributed by atoms with van der Waals surface area (Å²) in [5, 5.41) is 0.626. The fourth-order valence-electron chi connectivity index (χ4n) is 2.49. The van der Waals surface area contributed by atoms with E-state index >= 15 is 0 Å². The van der Waals surface area contributed by atoms with Gasteiger partial charge < -0.3 is 9.47 Å². The number of Topliss-reactive ketones (excluding diaryl/α,β-unsaturated/α-hetero) is 1. The first kappa shape index (κ1) is 19.9. The molecule has 0 atom stereocenters. The van der Waals surface area contributed by atoms with E-state index < -0.39 is 18.4 Å². The summed E-state index contributed by atoms with van der Waals surface area (Å²) in [6.07, 6.45) is 0. The maximum absolute atomic E-state index is 12.1. The molecule has 3 aromatic carbocycles. The van der Waals surface area contributed by atoms with Crippen molar-refractivity contribution >= 4 is 35.0 Å². The van der Waals surface area contributed by atoms with Crippen molar-refractivity contribution in [1.82, 2.24) is 0 Å². The van der Waals surface area contributed by atoms with E-state index in [2.05, 4.69) is 0 Å². The van der Waals surface area contributed by atoms with Crippen LogP contribution >= 0.6 is 23.2 Å². The molecule has 142 valence electrons. The fourth-order valence-corrected chi connectivity index (χ4v) is 2.89. The highest BCUT2D eigenvalue weighted by Crippen LogP contribution is 2.22. The van der Waals surface area contributed by atoms with Gasteiger partial charge in [-0.05, 0) is 41.5 Å². The zero-order valence-corrected chi connectivity index (χ0v) is 16.2. The average molecular weight is 415 g/mol. The number of hydrogen-bond donors (Lipinski definition) is 0. The van der Waals surface area contributed by atoms with Crippen molar-refractivity contribution < 1.29 is 19.1 Å². The van der Waals surface area contributed by atoms with Gasteiger partial charge in [0.15, 0.2) is 13.2 Å². The molecule has 28 heavy (non-hydrogen) atoms. The average Bonchev–Trinajstić information content (AvgIpc) is 2.73. The fraction of sp³-hybridized carbons (Fsp3) is 0.0909. The molecule has 0 amide bonds. The quantitative estimate of drug-likeness (QED) is 0.380. The summed E-state index contributed by atoms with van der Waals surface area (Å²) in [4.78, 5) is 23.9. The van der Waals surface area contributed by atoms with Gasteiger partial charge in [-0.15, -0.1) is 0 Å². The van der Waals surface area contributed by atoms with Crippen molar-refractivity contribution in [3.8, 4) is 16.9 Å². The molecule has 4 nitrogen and oxygen atoms in total. The molecule has 3 aromatic rings. The standard InChI is InChI=1S/C22H16Cl2O4/c23-17-8-11-20(24)19(12-17)21(25)13-28-22(26)14-27-18-9-6-16(7-10-18)15-4-2-1-3-5-15/h1-12H,13-14H2. The van der Waals surface area contributed by atoms with Gasteiger partial charge in [-0.2, -0.15) is 0 Å². The summed E-state index contributed by atoms with van der Waals surface area (Å²) < 4.78 is 10.4. The molecular formula is C22H16Cl2O4. The minimum atomic E-state index is -0.654. The molecule has 0 aliphatic heterocycles. The van der Waals surface area contributed by atoms with Crippen LogP contribution in [0.1, 0.15) is 10.4 Å². The predicted octanol–water partition coefficient (Wildman–Crippen LogP) is 5.47. The maximum Gasteiger partial charge on any atom is 0.344 e. The highest BCUT2D eigenvalue weighted by Gasteiger charge is 2.14. The lowest BCUT2D eigenvalue weighted by Gasteiger charge is -2.08. The van der Waals surface area contributed by atoms with Crippen LogP contribution in [0.4, 0.5) is 0 Å². The number of benzene rings is 3. The Hall–Kier alpha value is -2.82. The van der Waals surface area contributed by atoms with E-state index in [0.717, 1.165) is 11.1 Å². The van der Waals surface area contributed by atoms with Gasteiger partial charge in [0.25, 0.3) is 0 Å². The second-order valence-electron chi connectivity index (χ2n) is 5.89. The molecule has 0 aliphatic rings. The molecule has 3 rings (SSSR count). The summed E-state index contributed by atoms with van der Waals surface area (Å²) in [6, 6.07) is 21.8. The molecule has 0 radical (unpaired) electrons. The second-order valence-corrected chi connectivity index (χ2v) is 6.73. The number of ether oxygens (including phenoxy) is 2. The normalized spacial score (nSPS) is 10.4. The predicted molar refractivity (Wildman–Crippen MR) is 109 cm³/mol. The third kappa shape index (κ3) is 5.35. The molecule has 0 heterocycles. The number of ketones is 1. The Kier molecular flexibility index (Phi) is 6.69. The zero-order chi connectivity index (χ0) is 19.9. The zero-order valence-electron chi connectivity index (χ0n) is 14.7. The Morgan fingerprint density at radius 1 is 0.786 bits per heavy atom. The minimum absolute atomic E-state index is 0.208. The number of carbonyl (C=O) groups is 2. The van der Waals surface area contributed by atoms with E-state index in [1.54, 1.807) is 18.2 Å². The molecule has 0 aliphatic carbocycles. The van der Waals surface area contributed by atoms with Crippen molar-refractivity contribution in [2.75, 3.05) is 13.2 Å². The second kappa shape index (κ2) is 9.40. The Balaban J connectivity index is 1.49. The van der Waals surface area contributed by atoms with E-state index in [1.165, 1.54) is 12.1 Å². The van der Waals surface area contributed by atoms with Gasteiger partial charge in [-0.25, -0.2) is 4.79 Å². The largest absolute Gasteiger partial charge is 0.482 e. The topological polar surface area (TPSA) is 52.6 Å². The smallest absolute Gasteiger partial charge is 0.344 e. The molecule has 0 saturated carbocycles. The van der Waals surface area contributed by atoms with Crippen molar-refractivity contribution in [2.45, 2.75) is 0 Å². The molecule has 0 saturated heterocycles. The van der Waals surface area contributed by atoms with E-state index in [0.29, 0.717) is 10.8 Å². The molecule has 0 N–H and O–H groups in total. The number of hydrogen-bond acceptors (Lipinski definition) is 4. The number of esters is 1. The van der Waals surface area contributed by atoms with Crippen molar-refractivity contribution in [2.24, 2.45) is 0 Å². The number of halogens is 2. The summed E-state index contributed by atoms with van der Waals surface area (Å²) >= 11 is 11.8. The molecule has 0 fully saturated rings. The molecule has 6 heteroatoms. The van der Waals surface area contributed by atoms with Crippen molar-refractivity contribution in [1.29, 1.82) is 0 Å². The Labute approximate surface area is 172 Å². The summed E-state index contributed by atoms with van der Waals surface area (Å²) in [5.74, 6) is -0.562. The van der Waals surface area contributed by atoms with Gasteiger partial charge in [-0.3, -0.25) is 4.79 Å².